The van der Waals surface area contributed by atoms with Crippen LogP contribution in [0.1, 0.15) is 20.7 Å². The molecule has 0 radical (unpaired) electrons. The summed E-state index contributed by atoms with van der Waals surface area (Å²) in [4.78, 5) is 42.3. The number of methoxy groups -OCH3 is 1. The highest BCUT2D eigenvalue weighted by atomic mass is 32.1. The number of esters is 1. The lowest BCUT2D eigenvalue weighted by Gasteiger charge is -2.04. The number of aromatic nitrogens is 1. The summed E-state index contributed by atoms with van der Waals surface area (Å²) in [6, 6.07) is 17.9. The minimum atomic E-state index is -0.749. The Hall–Kier alpha value is -4.30. The quantitative estimate of drug-likeness (QED) is 0.165. The Bertz CT molecular complexity index is 1760. The number of hydrogen-bond acceptors (Lipinski definition) is 6. The largest absolute Gasteiger partial charge is 0.465 e. The van der Waals surface area contributed by atoms with Crippen molar-refractivity contribution < 1.29 is 18.7 Å². The van der Waals surface area contributed by atoms with E-state index in [1.54, 1.807) is 34.9 Å². The second kappa shape index (κ2) is 8.57. The number of ether oxygens (including phenoxy) is 1. The van der Waals surface area contributed by atoms with Gasteiger partial charge in [0.25, 0.3) is 5.91 Å². The van der Waals surface area contributed by atoms with Crippen LogP contribution in [0.4, 0.5) is 0 Å². The molecule has 0 spiro atoms. The number of fused-ring (bicyclic) bond motifs is 4. The Balaban J connectivity index is 1.68. The van der Waals surface area contributed by atoms with Gasteiger partial charge in [-0.1, -0.05) is 47.7 Å². The number of carbonyl (C=O) groups is 2. The Kier molecular flexibility index (Phi) is 5.43. The fourth-order valence-corrected chi connectivity index (χ4v) is 4.95. The molecule has 0 aliphatic carbocycles. The molecule has 0 bridgehead atoms. The van der Waals surface area contributed by atoms with E-state index in [0.29, 0.717) is 27.9 Å². The number of allylic oxidation sites excluding steroid dienone is 1. The minimum absolute atomic E-state index is 0.151. The SMILES string of the molecule is C=CCn1c(=NC(=O)c2cc3c(ccc4ccccc43)oc2=O)sc2cc(C(=O)OC)ccc21. The lowest BCUT2D eigenvalue weighted by molar-refractivity contribution is 0.0600. The molecule has 3 aromatic carbocycles. The number of nitrogens with zero attached hydrogens (tertiary/aromatic N) is 2. The molecule has 168 valence electrons. The van der Waals surface area contributed by atoms with Crippen LogP contribution in [0.15, 0.2) is 87.5 Å². The van der Waals surface area contributed by atoms with Crippen LogP contribution in [0.5, 0.6) is 0 Å². The van der Waals surface area contributed by atoms with Crippen LogP contribution in [-0.2, 0) is 11.3 Å². The Labute approximate surface area is 196 Å². The van der Waals surface area contributed by atoms with Gasteiger partial charge in [0, 0.05) is 11.9 Å². The second-order valence-corrected chi connectivity index (χ2v) is 8.53. The van der Waals surface area contributed by atoms with E-state index >= 15 is 0 Å². The van der Waals surface area contributed by atoms with Crippen molar-refractivity contribution in [3.8, 4) is 0 Å². The van der Waals surface area contributed by atoms with Gasteiger partial charge in [0.2, 0.25) is 0 Å². The highest BCUT2D eigenvalue weighted by molar-refractivity contribution is 7.16. The maximum atomic E-state index is 13.1. The van der Waals surface area contributed by atoms with Gasteiger partial charge in [0.05, 0.1) is 22.9 Å². The Morgan fingerprint density at radius 3 is 2.74 bits per heavy atom. The summed E-state index contributed by atoms with van der Waals surface area (Å²) in [5.41, 5.74) is 0.671. The summed E-state index contributed by atoms with van der Waals surface area (Å²) >= 11 is 1.23. The molecule has 0 saturated carbocycles. The van der Waals surface area contributed by atoms with E-state index in [0.717, 1.165) is 21.0 Å². The molecule has 0 N–H and O–H groups in total. The van der Waals surface area contributed by atoms with Gasteiger partial charge in [0.15, 0.2) is 4.80 Å². The summed E-state index contributed by atoms with van der Waals surface area (Å²) in [7, 11) is 1.32. The van der Waals surface area contributed by atoms with E-state index in [1.807, 2.05) is 30.3 Å². The van der Waals surface area contributed by atoms with Gasteiger partial charge in [0.1, 0.15) is 11.1 Å². The molecule has 8 heteroatoms. The predicted octanol–water partition coefficient (Wildman–Crippen LogP) is 4.68. The zero-order valence-electron chi connectivity index (χ0n) is 18.1. The zero-order valence-corrected chi connectivity index (χ0v) is 18.9. The molecule has 7 nitrogen and oxygen atoms in total. The van der Waals surface area contributed by atoms with Crippen LogP contribution in [0.2, 0.25) is 0 Å². The zero-order chi connectivity index (χ0) is 23.8. The third-order valence-electron chi connectivity index (χ3n) is 5.49. The van der Waals surface area contributed by atoms with Crippen LogP contribution in [0.3, 0.4) is 0 Å². The standard InChI is InChI=1S/C26H18N2O5S/c1-3-12-28-20-10-8-16(24(30)32-2)13-22(20)34-26(28)27-23(29)19-14-18-17-7-5-4-6-15(17)9-11-21(18)33-25(19)31/h3-11,13-14H,1,12H2,2H3. The molecule has 34 heavy (non-hydrogen) atoms. The molecular formula is C26H18N2O5S. The highest BCUT2D eigenvalue weighted by Gasteiger charge is 2.16. The first kappa shape index (κ1) is 21.5. The average Bonchev–Trinajstić information content (AvgIpc) is 3.19. The molecule has 1 amide bonds. The predicted molar refractivity (Wildman–Crippen MR) is 131 cm³/mol. The van der Waals surface area contributed by atoms with Gasteiger partial charge in [-0.2, -0.15) is 4.99 Å². The van der Waals surface area contributed by atoms with Crippen molar-refractivity contribution in [1.82, 2.24) is 4.57 Å². The van der Waals surface area contributed by atoms with Crippen LogP contribution in [0, 0.1) is 0 Å². The first-order chi connectivity index (χ1) is 16.5. The fraction of sp³-hybridized carbons (Fsp3) is 0.0769. The topological polar surface area (TPSA) is 90.9 Å². The molecule has 5 aromatic rings. The van der Waals surface area contributed by atoms with E-state index in [9.17, 15) is 14.4 Å². The van der Waals surface area contributed by atoms with Crippen molar-refractivity contribution >= 4 is 55.2 Å². The monoisotopic (exact) mass is 470 g/mol. The van der Waals surface area contributed by atoms with E-state index in [2.05, 4.69) is 11.6 Å². The summed E-state index contributed by atoms with van der Waals surface area (Å²) in [5.74, 6) is -1.16. The number of thiazole rings is 1. The molecule has 0 saturated heterocycles. The van der Waals surface area contributed by atoms with Crippen molar-refractivity contribution in [2.24, 2.45) is 4.99 Å². The molecule has 0 fully saturated rings. The molecule has 0 atom stereocenters. The molecule has 0 unspecified atom stereocenters. The van der Waals surface area contributed by atoms with E-state index in [1.165, 1.54) is 24.5 Å². The molecule has 0 aliphatic heterocycles. The Morgan fingerprint density at radius 1 is 1.12 bits per heavy atom. The third-order valence-corrected chi connectivity index (χ3v) is 6.53. The van der Waals surface area contributed by atoms with Gasteiger partial charge >= 0.3 is 11.6 Å². The van der Waals surface area contributed by atoms with Crippen LogP contribution in [0.25, 0.3) is 32.0 Å². The first-order valence-electron chi connectivity index (χ1n) is 10.4. The maximum absolute atomic E-state index is 13.1. The number of benzene rings is 3. The van der Waals surface area contributed by atoms with Crippen molar-refractivity contribution in [3.05, 3.63) is 99.7 Å². The summed E-state index contributed by atoms with van der Waals surface area (Å²) in [5, 5.41) is 2.50. The third kappa shape index (κ3) is 3.64. The molecule has 2 heterocycles. The summed E-state index contributed by atoms with van der Waals surface area (Å²) < 4.78 is 12.8. The number of hydrogen-bond donors (Lipinski definition) is 0. The van der Waals surface area contributed by atoms with Gasteiger partial charge in [-0.05, 0) is 41.1 Å². The summed E-state index contributed by atoms with van der Waals surface area (Å²) in [6.45, 7) is 4.16. The molecule has 5 rings (SSSR count). The lowest BCUT2D eigenvalue weighted by atomic mass is 10.0. The van der Waals surface area contributed by atoms with E-state index in [-0.39, 0.29) is 5.56 Å². The van der Waals surface area contributed by atoms with Crippen molar-refractivity contribution in [3.63, 3.8) is 0 Å². The minimum Gasteiger partial charge on any atom is -0.465 e. The Morgan fingerprint density at radius 2 is 1.94 bits per heavy atom. The lowest BCUT2D eigenvalue weighted by Crippen LogP contribution is -2.19. The van der Waals surface area contributed by atoms with Gasteiger partial charge in [-0.3, -0.25) is 4.79 Å². The second-order valence-electron chi connectivity index (χ2n) is 7.52. The average molecular weight is 471 g/mol. The van der Waals surface area contributed by atoms with Gasteiger partial charge in [-0.15, -0.1) is 6.58 Å². The van der Waals surface area contributed by atoms with Crippen LogP contribution < -0.4 is 10.4 Å². The van der Waals surface area contributed by atoms with Gasteiger partial charge in [-0.25, -0.2) is 9.59 Å². The normalized spacial score (nSPS) is 11.9. The molecule has 0 aliphatic rings. The summed E-state index contributed by atoms with van der Waals surface area (Å²) in [6.07, 6.45) is 1.68. The highest BCUT2D eigenvalue weighted by Crippen LogP contribution is 2.25. The number of carbonyl (C=O) groups excluding carboxylic acids is 2. The van der Waals surface area contributed by atoms with Gasteiger partial charge < -0.3 is 13.7 Å². The smallest absolute Gasteiger partial charge is 0.349 e. The first-order valence-corrected chi connectivity index (χ1v) is 11.2. The van der Waals surface area contributed by atoms with Crippen molar-refractivity contribution in [2.75, 3.05) is 7.11 Å². The van der Waals surface area contributed by atoms with E-state index < -0.39 is 17.5 Å². The van der Waals surface area contributed by atoms with Crippen LogP contribution in [-0.4, -0.2) is 23.6 Å². The van der Waals surface area contributed by atoms with Crippen LogP contribution >= 0.6 is 11.3 Å². The molecule has 2 aromatic heterocycles. The maximum Gasteiger partial charge on any atom is 0.349 e. The molecular weight excluding hydrogens is 452 g/mol. The number of amides is 1. The van der Waals surface area contributed by atoms with E-state index in [4.69, 9.17) is 9.15 Å². The number of rotatable bonds is 4. The fourth-order valence-electron chi connectivity index (χ4n) is 3.88. The van der Waals surface area contributed by atoms with Crippen molar-refractivity contribution in [1.29, 1.82) is 0 Å². The van der Waals surface area contributed by atoms with Crippen molar-refractivity contribution in [2.45, 2.75) is 6.54 Å².